The van der Waals surface area contributed by atoms with Crippen molar-refractivity contribution in [2.45, 2.75) is 33.7 Å². The minimum absolute atomic E-state index is 0.184. The molecule has 0 aliphatic heterocycles. The molecule has 2 rings (SSSR count). The van der Waals surface area contributed by atoms with Crippen molar-refractivity contribution < 1.29 is 9.53 Å². The molecule has 0 amide bonds. The lowest BCUT2D eigenvalue weighted by atomic mass is 10.0. The number of ether oxygens (including phenoxy) is 1. The number of hydrogen-bond donors (Lipinski definition) is 0. The van der Waals surface area contributed by atoms with Crippen LogP contribution in [0.3, 0.4) is 0 Å². The van der Waals surface area contributed by atoms with Gasteiger partial charge in [-0.3, -0.25) is 0 Å². The SMILES string of the molecule is CCOC(=O)c1c(-c2ccc(Cl)cc2)c(C)cn1C(C)C. The van der Waals surface area contributed by atoms with Crippen LogP contribution in [0.4, 0.5) is 0 Å². The zero-order chi connectivity index (χ0) is 15.6. The largest absolute Gasteiger partial charge is 0.461 e. The van der Waals surface area contributed by atoms with E-state index >= 15 is 0 Å². The number of halogens is 1. The van der Waals surface area contributed by atoms with Crippen LogP contribution >= 0.6 is 11.6 Å². The van der Waals surface area contributed by atoms with Crippen molar-refractivity contribution in [3.63, 3.8) is 0 Å². The van der Waals surface area contributed by atoms with Crippen LogP contribution in [0.25, 0.3) is 11.1 Å². The molecule has 21 heavy (non-hydrogen) atoms. The Kier molecular flexibility index (Phi) is 4.73. The topological polar surface area (TPSA) is 31.2 Å². The van der Waals surface area contributed by atoms with Gasteiger partial charge in [0, 0.05) is 22.8 Å². The Morgan fingerprint density at radius 3 is 2.43 bits per heavy atom. The Bertz CT molecular complexity index is 642. The van der Waals surface area contributed by atoms with Crippen LogP contribution in [-0.2, 0) is 4.74 Å². The molecule has 0 saturated carbocycles. The number of rotatable bonds is 4. The molecule has 112 valence electrons. The van der Waals surface area contributed by atoms with Crippen molar-refractivity contribution in [1.29, 1.82) is 0 Å². The Labute approximate surface area is 130 Å². The summed E-state index contributed by atoms with van der Waals surface area (Å²) in [7, 11) is 0. The summed E-state index contributed by atoms with van der Waals surface area (Å²) in [6.07, 6.45) is 2.00. The molecule has 4 heteroatoms. The smallest absolute Gasteiger partial charge is 0.355 e. The molecule has 0 spiro atoms. The molecule has 0 aliphatic rings. The van der Waals surface area contributed by atoms with Gasteiger partial charge >= 0.3 is 5.97 Å². The molecule has 2 aromatic rings. The second kappa shape index (κ2) is 6.35. The third kappa shape index (κ3) is 3.13. The van der Waals surface area contributed by atoms with Gasteiger partial charge in [0.1, 0.15) is 5.69 Å². The van der Waals surface area contributed by atoms with Crippen LogP contribution < -0.4 is 0 Å². The molecular formula is C17H20ClNO2. The van der Waals surface area contributed by atoms with E-state index in [0.717, 1.165) is 16.7 Å². The van der Waals surface area contributed by atoms with Gasteiger partial charge in [-0.15, -0.1) is 0 Å². The van der Waals surface area contributed by atoms with E-state index in [1.54, 1.807) is 0 Å². The normalized spacial score (nSPS) is 11.0. The van der Waals surface area contributed by atoms with Gasteiger partial charge in [-0.1, -0.05) is 23.7 Å². The molecule has 1 aromatic carbocycles. The molecule has 0 atom stereocenters. The maximum absolute atomic E-state index is 12.4. The monoisotopic (exact) mass is 305 g/mol. The van der Waals surface area contributed by atoms with E-state index in [1.165, 1.54) is 0 Å². The minimum Gasteiger partial charge on any atom is -0.461 e. The van der Waals surface area contributed by atoms with Crippen LogP contribution in [0.15, 0.2) is 30.5 Å². The van der Waals surface area contributed by atoms with Gasteiger partial charge in [0.15, 0.2) is 0 Å². The highest BCUT2D eigenvalue weighted by atomic mass is 35.5. The van der Waals surface area contributed by atoms with Gasteiger partial charge in [-0.05, 0) is 51.0 Å². The molecule has 0 bridgehead atoms. The van der Waals surface area contributed by atoms with Crippen LogP contribution in [0.1, 0.15) is 42.9 Å². The lowest BCUT2D eigenvalue weighted by Crippen LogP contribution is -2.14. The van der Waals surface area contributed by atoms with Crippen molar-refractivity contribution in [2.24, 2.45) is 0 Å². The van der Waals surface area contributed by atoms with Crippen molar-refractivity contribution in [2.75, 3.05) is 6.61 Å². The first-order valence-electron chi connectivity index (χ1n) is 7.10. The van der Waals surface area contributed by atoms with Gasteiger partial charge in [-0.2, -0.15) is 0 Å². The maximum Gasteiger partial charge on any atom is 0.355 e. The fourth-order valence-electron chi connectivity index (χ4n) is 2.45. The summed E-state index contributed by atoms with van der Waals surface area (Å²) in [5.74, 6) is -0.288. The molecule has 1 aromatic heterocycles. The maximum atomic E-state index is 12.4. The predicted octanol–water partition coefficient (Wildman–Crippen LogP) is 4.87. The van der Waals surface area contributed by atoms with Gasteiger partial charge in [0.05, 0.1) is 6.61 Å². The summed E-state index contributed by atoms with van der Waals surface area (Å²) >= 11 is 5.95. The van der Waals surface area contributed by atoms with E-state index in [2.05, 4.69) is 0 Å². The van der Waals surface area contributed by atoms with Crippen molar-refractivity contribution in [1.82, 2.24) is 4.57 Å². The minimum atomic E-state index is -0.288. The first-order chi connectivity index (χ1) is 9.95. The predicted molar refractivity (Wildman–Crippen MR) is 86.0 cm³/mol. The average Bonchev–Trinajstić information content (AvgIpc) is 2.78. The summed E-state index contributed by atoms with van der Waals surface area (Å²) < 4.78 is 7.20. The van der Waals surface area contributed by atoms with Crippen LogP contribution in [0.5, 0.6) is 0 Å². The fourth-order valence-corrected chi connectivity index (χ4v) is 2.57. The number of benzene rings is 1. The van der Waals surface area contributed by atoms with Crippen LogP contribution in [-0.4, -0.2) is 17.1 Å². The Morgan fingerprint density at radius 1 is 1.29 bits per heavy atom. The van der Waals surface area contributed by atoms with Crippen molar-refractivity contribution in [3.8, 4) is 11.1 Å². The highest BCUT2D eigenvalue weighted by molar-refractivity contribution is 6.30. The second-order valence-electron chi connectivity index (χ2n) is 5.26. The standard InChI is InChI=1S/C17H20ClNO2/c1-5-21-17(20)16-15(12(4)10-19(16)11(2)3)13-6-8-14(18)9-7-13/h6-11H,5H2,1-4H3. The van der Waals surface area contributed by atoms with E-state index in [-0.39, 0.29) is 12.0 Å². The number of esters is 1. The number of carbonyl (C=O) groups is 1. The van der Waals surface area contributed by atoms with Crippen molar-refractivity contribution >= 4 is 17.6 Å². The van der Waals surface area contributed by atoms with Gasteiger partial charge in [0.2, 0.25) is 0 Å². The van der Waals surface area contributed by atoms with Crippen molar-refractivity contribution in [3.05, 3.63) is 46.7 Å². The molecule has 0 saturated heterocycles. The number of carbonyl (C=O) groups excluding carboxylic acids is 1. The number of nitrogens with zero attached hydrogens (tertiary/aromatic N) is 1. The Hall–Kier alpha value is -1.74. The Morgan fingerprint density at radius 2 is 1.90 bits per heavy atom. The number of aryl methyl sites for hydroxylation is 1. The number of hydrogen-bond acceptors (Lipinski definition) is 2. The van der Waals surface area contributed by atoms with E-state index in [1.807, 2.05) is 62.7 Å². The van der Waals surface area contributed by atoms with E-state index in [4.69, 9.17) is 16.3 Å². The lowest BCUT2D eigenvalue weighted by Gasteiger charge is -2.13. The fraction of sp³-hybridized carbons (Fsp3) is 0.353. The molecule has 0 radical (unpaired) electrons. The highest BCUT2D eigenvalue weighted by Gasteiger charge is 2.23. The molecule has 0 N–H and O–H groups in total. The summed E-state index contributed by atoms with van der Waals surface area (Å²) in [6, 6.07) is 7.70. The zero-order valence-corrected chi connectivity index (χ0v) is 13.6. The Balaban J connectivity index is 2.63. The first kappa shape index (κ1) is 15.6. The third-order valence-corrected chi connectivity index (χ3v) is 3.63. The average molecular weight is 306 g/mol. The zero-order valence-electron chi connectivity index (χ0n) is 12.8. The third-order valence-electron chi connectivity index (χ3n) is 3.38. The quantitative estimate of drug-likeness (QED) is 0.754. The van der Waals surface area contributed by atoms with Gasteiger partial charge in [0.25, 0.3) is 0 Å². The summed E-state index contributed by atoms with van der Waals surface area (Å²) in [5, 5.41) is 0.678. The molecule has 3 nitrogen and oxygen atoms in total. The van der Waals surface area contributed by atoms with Crippen LogP contribution in [0, 0.1) is 6.92 Å². The first-order valence-corrected chi connectivity index (χ1v) is 7.48. The molecule has 0 fully saturated rings. The number of aromatic nitrogens is 1. The summed E-state index contributed by atoms with van der Waals surface area (Å²) in [4.78, 5) is 12.4. The molecule has 0 unspecified atom stereocenters. The summed E-state index contributed by atoms with van der Waals surface area (Å²) in [6.45, 7) is 8.28. The lowest BCUT2D eigenvalue weighted by molar-refractivity contribution is 0.0513. The molecule has 0 aliphatic carbocycles. The second-order valence-corrected chi connectivity index (χ2v) is 5.70. The highest BCUT2D eigenvalue weighted by Crippen LogP contribution is 2.32. The molecular weight excluding hydrogens is 286 g/mol. The van der Waals surface area contributed by atoms with Gasteiger partial charge < -0.3 is 9.30 Å². The summed E-state index contributed by atoms with van der Waals surface area (Å²) in [5.41, 5.74) is 3.54. The van der Waals surface area contributed by atoms with E-state index in [0.29, 0.717) is 17.3 Å². The molecule has 1 heterocycles. The van der Waals surface area contributed by atoms with E-state index < -0.39 is 0 Å². The van der Waals surface area contributed by atoms with Crippen LogP contribution in [0.2, 0.25) is 5.02 Å². The van der Waals surface area contributed by atoms with Gasteiger partial charge in [-0.25, -0.2) is 4.79 Å². The van der Waals surface area contributed by atoms with E-state index in [9.17, 15) is 4.79 Å².